The molecule has 1 aromatic rings. The summed E-state index contributed by atoms with van der Waals surface area (Å²) in [7, 11) is -3.85. The number of benzene rings is 1. The van der Waals surface area contributed by atoms with Gasteiger partial charge in [-0.1, -0.05) is 49.1 Å². The molecule has 0 heterocycles. The van der Waals surface area contributed by atoms with E-state index in [0.717, 1.165) is 19.3 Å². The maximum Gasteiger partial charge on any atom is 0.264 e. The Bertz CT molecular complexity index is 560. The predicted molar refractivity (Wildman–Crippen MR) is 89.7 cm³/mol. The molecule has 1 aliphatic carbocycles. The lowest BCUT2D eigenvalue weighted by Crippen LogP contribution is -2.49. The van der Waals surface area contributed by atoms with Gasteiger partial charge in [-0.15, -0.1) is 0 Å². The van der Waals surface area contributed by atoms with Crippen LogP contribution in [0, 0.1) is 6.92 Å². The van der Waals surface area contributed by atoms with Crippen molar-refractivity contribution in [1.29, 1.82) is 0 Å². The zero-order valence-corrected chi connectivity index (χ0v) is 14.2. The standard InChI is InChI=1S/C17H27NO3S/c1-15-6-8-16(9-7-15)14-17(10-3-2-4-11-17)18-12-5-13-22(19,20)21/h6-9,18H,2-5,10-14H2,1H3,(H,19,20,21). The molecule has 0 radical (unpaired) electrons. The molecule has 2 N–H and O–H groups in total. The van der Waals surface area contributed by atoms with Crippen LogP contribution in [0.25, 0.3) is 0 Å². The predicted octanol–water partition coefficient (Wildman–Crippen LogP) is 3.11. The van der Waals surface area contributed by atoms with E-state index in [2.05, 4.69) is 36.5 Å². The van der Waals surface area contributed by atoms with E-state index in [1.165, 1.54) is 30.4 Å². The monoisotopic (exact) mass is 325 g/mol. The number of hydrogen-bond acceptors (Lipinski definition) is 3. The van der Waals surface area contributed by atoms with Gasteiger partial charge in [-0.25, -0.2) is 0 Å². The van der Waals surface area contributed by atoms with Crippen LogP contribution in [0.2, 0.25) is 0 Å². The molecule has 0 aromatic heterocycles. The minimum Gasteiger partial charge on any atom is -0.311 e. The molecule has 1 aromatic carbocycles. The van der Waals surface area contributed by atoms with E-state index >= 15 is 0 Å². The maximum atomic E-state index is 10.8. The summed E-state index contributed by atoms with van der Waals surface area (Å²) in [6, 6.07) is 8.66. The van der Waals surface area contributed by atoms with E-state index in [1.54, 1.807) is 0 Å². The highest BCUT2D eigenvalue weighted by Gasteiger charge is 2.31. The average Bonchev–Trinajstić information content (AvgIpc) is 2.46. The fourth-order valence-electron chi connectivity index (χ4n) is 3.35. The van der Waals surface area contributed by atoms with Crippen LogP contribution in [0.4, 0.5) is 0 Å². The van der Waals surface area contributed by atoms with Gasteiger partial charge in [0.2, 0.25) is 0 Å². The van der Waals surface area contributed by atoms with Gasteiger partial charge in [-0.05, 0) is 44.7 Å². The molecule has 22 heavy (non-hydrogen) atoms. The third-order valence-electron chi connectivity index (χ3n) is 4.55. The highest BCUT2D eigenvalue weighted by molar-refractivity contribution is 7.85. The van der Waals surface area contributed by atoms with E-state index in [1.807, 2.05) is 0 Å². The number of aryl methyl sites for hydroxylation is 1. The van der Waals surface area contributed by atoms with Crippen LogP contribution in [0.5, 0.6) is 0 Å². The van der Waals surface area contributed by atoms with Crippen molar-refractivity contribution in [1.82, 2.24) is 5.32 Å². The highest BCUT2D eigenvalue weighted by Crippen LogP contribution is 2.31. The molecule has 4 nitrogen and oxygen atoms in total. The summed E-state index contributed by atoms with van der Waals surface area (Å²) in [5.41, 5.74) is 2.67. The van der Waals surface area contributed by atoms with Gasteiger partial charge >= 0.3 is 0 Å². The second-order valence-corrected chi connectivity index (χ2v) is 8.14. The fraction of sp³-hybridized carbons (Fsp3) is 0.647. The molecule has 1 fully saturated rings. The van der Waals surface area contributed by atoms with Gasteiger partial charge in [0.15, 0.2) is 0 Å². The molecule has 5 heteroatoms. The Labute approximate surface area is 134 Å². The van der Waals surface area contributed by atoms with Crippen molar-refractivity contribution in [2.45, 2.75) is 57.4 Å². The lowest BCUT2D eigenvalue weighted by Gasteiger charge is -2.39. The van der Waals surface area contributed by atoms with Crippen LogP contribution in [-0.2, 0) is 16.5 Å². The van der Waals surface area contributed by atoms with Crippen molar-refractivity contribution in [3.63, 3.8) is 0 Å². The van der Waals surface area contributed by atoms with Crippen molar-refractivity contribution in [3.8, 4) is 0 Å². The van der Waals surface area contributed by atoms with Gasteiger partial charge < -0.3 is 5.32 Å². The van der Waals surface area contributed by atoms with Crippen LogP contribution >= 0.6 is 0 Å². The molecule has 0 amide bonds. The summed E-state index contributed by atoms with van der Waals surface area (Å²) in [5.74, 6) is -0.166. The molecule has 2 rings (SSSR count). The van der Waals surface area contributed by atoms with Crippen molar-refractivity contribution in [3.05, 3.63) is 35.4 Å². The van der Waals surface area contributed by atoms with Gasteiger partial charge in [0.05, 0.1) is 5.75 Å². The Kier molecular flexibility index (Phi) is 6.01. The molecule has 0 aliphatic heterocycles. The molecule has 1 saturated carbocycles. The zero-order valence-electron chi connectivity index (χ0n) is 13.3. The third kappa shape index (κ3) is 5.71. The normalized spacial score (nSPS) is 18.3. The van der Waals surface area contributed by atoms with E-state index in [4.69, 9.17) is 4.55 Å². The largest absolute Gasteiger partial charge is 0.311 e. The summed E-state index contributed by atoms with van der Waals surface area (Å²) >= 11 is 0. The lowest BCUT2D eigenvalue weighted by atomic mass is 9.77. The first kappa shape index (κ1) is 17.4. The molecule has 0 bridgehead atoms. The molecule has 0 atom stereocenters. The fourth-order valence-corrected chi connectivity index (χ4v) is 3.86. The molecule has 0 spiro atoms. The highest BCUT2D eigenvalue weighted by atomic mass is 32.2. The SMILES string of the molecule is Cc1ccc(CC2(NCCCS(=O)(=O)O)CCCCC2)cc1. The second-order valence-electron chi connectivity index (χ2n) is 6.57. The Balaban J connectivity index is 1.96. The summed E-state index contributed by atoms with van der Waals surface area (Å²) < 4.78 is 30.5. The smallest absolute Gasteiger partial charge is 0.264 e. The van der Waals surface area contributed by atoms with Crippen LogP contribution in [0.3, 0.4) is 0 Å². The van der Waals surface area contributed by atoms with Crippen molar-refractivity contribution in [2.75, 3.05) is 12.3 Å². The first-order chi connectivity index (χ1) is 10.4. The quantitative estimate of drug-likeness (QED) is 0.597. The van der Waals surface area contributed by atoms with Gasteiger partial charge in [-0.2, -0.15) is 8.42 Å². The molecule has 0 saturated heterocycles. The number of rotatable bonds is 7. The van der Waals surface area contributed by atoms with Crippen molar-refractivity contribution >= 4 is 10.1 Å². The first-order valence-corrected chi connectivity index (χ1v) is 9.75. The molecule has 0 unspecified atom stereocenters. The summed E-state index contributed by atoms with van der Waals surface area (Å²) in [4.78, 5) is 0. The zero-order chi connectivity index (χ0) is 16.1. The van der Waals surface area contributed by atoms with Gasteiger partial charge in [0.25, 0.3) is 10.1 Å². The molecular formula is C17H27NO3S. The van der Waals surface area contributed by atoms with E-state index in [0.29, 0.717) is 13.0 Å². The van der Waals surface area contributed by atoms with Crippen molar-refractivity contribution < 1.29 is 13.0 Å². The Morgan fingerprint density at radius 3 is 2.36 bits per heavy atom. The number of nitrogens with one attached hydrogen (secondary N) is 1. The maximum absolute atomic E-state index is 10.8. The van der Waals surface area contributed by atoms with E-state index in [-0.39, 0.29) is 11.3 Å². The Morgan fingerprint density at radius 2 is 1.77 bits per heavy atom. The lowest BCUT2D eigenvalue weighted by molar-refractivity contribution is 0.229. The van der Waals surface area contributed by atoms with Crippen LogP contribution in [0.15, 0.2) is 24.3 Å². The van der Waals surface area contributed by atoms with Crippen LogP contribution in [0.1, 0.15) is 49.7 Å². The minimum atomic E-state index is -3.85. The molecule has 1 aliphatic rings. The molecular weight excluding hydrogens is 298 g/mol. The Hall–Kier alpha value is -0.910. The van der Waals surface area contributed by atoms with Crippen LogP contribution in [-0.4, -0.2) is 30.8 Å². The first-order valence-electron chi connectivity index (χ1n) is 8.14. The van der Waals surface area contributed by atoms with Crippen molar-refractivity contribution in [2.24, 2.45) is 0 Å². The second kappa shape index (κ2) is 7.57. The Morgan fingerprint density at radius 1 is 1.14 bits per heavy atom. The third-order valence-corrected chi connectivity index (χ3v) is 5.36. The van der Waals surface area contributed by atoms with Gasteiger partial charge in [0.1, 0.15) is 0 Å². The minimum absolute atomic E-state index is 0.0761. The van der Waals surface area contributed by atoms with E-state index < -0.39 is 10.1 Å². The van der Waals surface area contributed by atoms with Crippen LogP contribution < -0.4 is 5.32 Å². The average molecular weight is 325 g/mol. The molecule has 124 valence electrons. The van der Waals surface area contributed by atoms with Gasteiger partial charge in [0, 0.05) is 5.54 Å². The summed E-state index contributed by atoms with van der Waals surface area (Å²) in [6.07, 6.45) is 7.42. The summed E-state index contributed by atoms with van der Waals surface area (Å²) in [5, 5.41) is 3.60. The topological polar surface area (TPSA) is 66.4 Å². The summed E-state index contributed by atoms with van der Waals surface area (Å²) in [6.45, 7) is 2.72. The van der Waals surface area contributed by atoms with Gasteiger partial charge in [-0.3, -0.25) is 4.55 Å². The van der Waals surface area contributed by atoms with E-state index in [9.17, 15) is 8.42 Å². The number of hydrogen-bond donors (Lipinski definition) is 2.